The summed E-state index contributed by atoms with van der Waals surface area (Å²) in [4.78, 5) is 0. The number of ether oxygens (including phenoxy) is 1. The molecule has 7 heteroatoms. The molecular formula is C13H14N4O2S. The summed E-state index contributed by atoms with van der Waals surface area (Å²) in [5, 5.41) is 20.9. The van der Waals surface area contributed by atoms with Crippen LogP contribution in [0.2, 0.25) is 0 Å². The summed E-state index contributed by atoms with van der Waals surface area (Å²) in [5.41, 5.74) is 0.619. The first-order valence-electron chi connectivity index (χ1n) is 6.37. The van der Waals surface area contributed by atoms with E-state index in [9.17, 15) is 5.11 Å². The maximum Gasteiger partial charge on any atom is 0.216 e. The van der Waals surface area contributed by atoms with Crippen LogP contribution >= 0.6 is 12.2 Å². The normalized spacial score (nSPS) is 18.9. The molecule has 1 unspecified atom stereocenters. The monoisotopic (exact) mass is 290 g/mol. The summed E-state index contributed by atoms with van der Waals surface area (Å²) in [6.45, 7) is 0.730. The van der Waals surface area contributed by atoms with Crippen LogP contribution in [0.25, 0.3) is 0 Å². The maximum atomic E-state index is 9.71. The fourth-order valence-corrected chi connectivity index (χ4v) is 2.31. The summed E-state index contributed by atoms with van der Waals surface area (Å²) in [6, 6.07) is 6.97. The van der Waals surface area contributed by atoms with Crippen molar-refractivity contribution >= 4 is 18.4 Å². The zero-order valence-electron chi connectivity index (χ0n) is 10.7. The van der Waals surface area contributed by atoms with E-state index >= 15 is 0 Å². The van der Waals surface area contributed by atoms with E-state index in [1.165, 1.54) is 4.68 Å². The fraction of sp³-hybridized carbons (Fsp3) is 0.308. The van der Waals surface area contributed by atoms with Crippen molar-refractivity contribution < 1.29 is 9.84 Å². The number of benzene rings is 1. The third-order valence-electron chi connectivity index (χ3n) is 3.14. The second-order valence-corrected chi connectivity index (χ2v) is 4.89. The van der Waals surface area contributed by atoms with Crippen LogP contribution in [0.5, 0.6) is 5.75 Å². The number of hydrogen-bond donors (Lipinski definition) is 2. The zero-order chi connectivity index (χ0) is 13.9. The molecule has 0 spiro atoms. The van der Waals surface area contributed by atoms with E-state index < -0.39 is 0 Å². The van der Waals surface area contributed by atoms with Crippen LogP contribution in [-0.4, -0.2) is 32.8 Å². The number of phenols is 1. The minimum Gasteiger partial charge on any atom is -0.507 e. The first kappa shape index (κ1) is 13.0. The van der Waals surface area contributed by atoms with E-state index in [0.717, 1.165) is 19.4 Å². The molecule has 6 nitrogen and oxygen atoms in total. The lowest BCUT2D eigenvalue weighted by atomic mass is 10.2. The molecule has 2 heterocycles. The van der Waals surface area contributed by atoms with Gasteiger partial charge in [-0.15, -0.1) is 0 Å². The number of para-hydroxylation sites is 1. The van der Waals surface area contributed by atoms with Gasteiger partial charge in [0.05, 0.1) is 6.21 Å². The molecule has 1 atom stereocenters. The highest BCUT2D eigenvalue weighted by Gasteiger charge is 2.23. The summed E-state index contributed by atoms with van der Waals surface area (Å²) >= 11 is 5.17. The Morgan fingerprint density at radius 1 is 1.50 bits per heavy atom. The van der Waals surface area contributed by atoms with Gasteiger partial charge in [0.1, 0.15) is 11.9 Å². The molecule has 104 valence electrons. The van der Waals surface area contributed by atoms with Crippen molar-refractivity contribution in [2.75, 3.05) is 6.61 Å². The Kier molecular flexibility index (Phi) is 3.62. The third-order valence-corrected chi connectivity index (χ3v) is 3.41. The van der Waals surface area contributed by atoms with Crippen molar-refractivity contribution in [1.82, 2.24) is 14.9 Å². The van der Waals surface area contributed by atoms with Gasteiger partial charge in [0, 0.05) is 12.2 Å². The molecule has 3 rings (SSSR count). The summed E-state index contributed by atoms with van der Waals surface area (Å²) in [5.74, 6) is 0.837. The molecule has 1 aliphatic rings. The molecule has 2 aromatic rings. The van der Waals surface area contributed by atoms with Gasteiger partial charge in [0.25, 0.3) is 0 Å². The molecule has 0 saturated carbocycles. The van der Waals surface area contributed by atoms with Crippen molar-refractivity contribution in [3.8, 4) is 5.75 Å². The second-order valence-electron chi connectivity index (χ2n) is 4.50. The molecule has 1 fully saturated rings. The van der Waals surface area contributed by atoms with Crippen LogP contribution in [0, 0.1) is 4.77 Å². The first-order valence-corrected chi connectivity index (χ1v) is 6.78. The Morgan fingerprint density at radius 3 is 3.10 bits per heavy atom. The maximum absolute atomic E-state index is 9.71. The van der Waals surface area contributed by atoms with Crippen LogP contribution < -0.4 is 0 Å². The van der Waals surface area contributed by atoms with Crippen LogP contribution in [-0.2, 0) is 4.74 Å². The van der Waals surface area contributed by atoms with Gasteiger partial charge < -0.3 is 9.84 Å². The van der Waals surface area contributed by atoms with Gasteiger partial charge in [-0.2, -0.15) is 14.9 Å². The van der Waals surface area contributed by atoms with Crippen LogP contribution in [0.1, 0.15) is 30.3 Å². The molecule has 0 amide bonds. The number of nitrogens with zero attached hydrogens (tertiary/aromatic N) is 3. The third kappa shape index (κ3) is 2.50. The molecule has 1 saturated heterocycles. The number of rotatable bonds is 3. The number of phenolic OH excluding ortho intramolecular Hbond substituents is 1. The van der Waals surface area contributed by atoms with Gasteiger partial charge in [0.2, 0.25) is 4.77 Å². The molecule has 20 heavy (non-hydrogen) atoms. The molecule has 1 aromatic heterocycles. The number of aromatic hydroxyl groups is 1. The Morgan fingerprint density at radius 2 is 2.35 bits per heavy atom. The molecular weight excluding hydrogens is 276 g/mol. The largest absolute Gasteiger partial charge is 0.507 e. The van der Waals surface area contributed by atoms with Gasteiger partial charge in [-0.1, -0.05) is 12.1 Å². The first-order chi connectivity index (χ1) is 9.75. The van der Waals surface area contributed by atoms with E-state index in [-0.39, 0.29) is 11.9 Å². The molecule has 1 aromatic carbocycles. The number of hydrogen-bond acceptors (Lipinski definition) is 5. The van der Waals surface area contributed by atoms with Gasteiger partial charge in [0.15, 0.2) is 5.82 Å². The average Bonchev–Trinajstić information content (AvgIpc) is 3.08. The number of nitrogens with one attached hydrogen (secondary N) is 1. The Bertz CT molecular complexity index is 686. The smallest absolute Gasteiger partial charge is 0.216 e. The Hall–Kier alpha value is -1.99. The van der Waals surface area contributed by atoms with Crippen LogP contribution in [0.3, 0.4) is 0 Å². The topological polar surface area (TPSA) is 75.4 Å². The summed E-state index contributed by atoms with van der Waals surface area (Å²) < 4.78 is 7.54. The molecule has 0 aliphatic carbocycles. The molecule has 2 N–H and O–H groups in total. The minimum atomic E-state index is -0.0792. The molecule has 1 aliphatic heterocycles. The van der Waals surface area contributed by atoms with Gasteiger partial charge in [-0.3, -0.25) is 5.10 Å². The fourth-order valence-electron chi connectivity index (χ4n) is 2.12. The van der Waals surface area contributed by atoms with Gasteiger partial charge in [-0.25, -0.2) is 0 Å². The van der Waals surface area contributed by atoms with Crippen LogP contribution in [0.4, 0.5) is 0 Å². The quantitative estimate of drug-likeness (QED) is 0.672. The lowest BCUT2D eigenvalue weighted by Gasteiger charge is -2.07. The van der Waals surface area contributed by atoms with Crippen molar-refractivity contribution in [3.05, 3.63) is 40.4 Å². The summed E-state index contributed by atoms with van der Waals surface area (Å²) in [7, 11) is 0. The van der Waals surface area contributed by atoms with Crippen molar-refractivity contribution in [2.45, 2.75) is 18.9 Å². The van der Waals surface area contributed by atoms with Crippen molar-refractivity contribution in [3.63, 3.8) is 0 Å². The molecule has 0 bridgehead atoms. The molecule has 0 radical (unpaired) electrons. The van der Waals surface area contributed by atoms with E-state index in [1.54, 1.807) is 24.4 Å². The van der Waals surface area contributed by atoms with Crippen LogP contribution in [0.15, 0.2) is 29.4 Å². The van der Waals surface area contributed by atoms with Gasteiger partial charge in [-0.05, 0) is 37.2 Å². The van der Waals surface area contributed by atoms with E-state index in [1.807, 2.05) is 6.07 Å². The number of H-pyrrole nitrogens is 1. The zero-order valence-corrected chi connectivity index (χ0v) is 11.5. The predicted octanol–water partition coefficient (Wildman–Crippen LogP) is 2.38. The number of aromatic amines is 1. The second kappa shape index (κ2) is 5.56. The lowest BCUT2D eigenvalue weighted by molar-refractivity contribution is 0.102. The number of aromatic nitrogens is 3. The average molecular weight is 290 g/mol. The highest BCUT2D eigenvalue weighted by Crippen LogP contribution is 2.27. The van der Waals surface area contributed by atoms with Gasteiger partial charge >= 0.3 is 0 Å². The Balaban J connectivity index is 1.93. The standard InChI is InChI=1S/C13H14N4O2S/c18-10-5-2-1-4-9(10)8-14-17-12(15-16-13(17)20)11-6-3-7-19-11/h1-2,4-5,8,11,18H,3,6-7H2,(H,16,20)/b14-8-. The Labute approximate surface area is 120 Å². The minimum absolute atomic E-state index is 0.0792. The lowest BCUT2D eigenvalue weighted by Crippen LogP contribution is -2.05. The highest BCUT2D eigenvalue weighted by molar-refractivity contribution is 7.71. The van der Waals surface area contributed by atoms with Crippen molar-refractivity contribution in [1.29, 1.82) is 0 Å². The summed E-state index contributed by atoms with van der Waals surface area (Å²) in [6.07, 6.45) is 3.39. The predicted molar refractivity (Wildman–Crippen MR) is 76.4 cm³/mol. The van der Waals surface area contributed by atoms with E-state index in [4.69, 9.17) is 17.0 Å². The highest BCUT2D eigenvalue weighted by atomic mass is 32.1. The SMILES string of the molecule is Oc1ccccc1/C=N\n1c(C2CCCO2)n[nH]c1=S. The van der Waals surface area contributed by atoms with Crippen molar-refractivity contribution in [2.24, 2.45) is 5.10 Å². The van der Waals surface area contributed by atoms with E-state index in [0.29, 0.717) is 16.2 Å². The van der Waals surface area contributed by atoms with E-state index in [2.05, 4.69) is 15.3 Å².